The third kappa shape index (κ3) is 11.3. The third-order valence-electron chi connectivity index (χ3n) is 1.64. The fraction of sp³-hybridized carbons (Fsp3) is 0.778. The number of carboxylic acids is 2. The van der Waals surface area contributed by atoms with Gasteiger partial charge < -0.3 is 10.2 Å². The maximum atomic E-state index is 10.1. The van der Waals surface area contributed by atoms with Gasteiger partial charge in [0.25, 0.3) is 0 Å². The van der Waals surface area contributed by atoms with Crippen molar-refractivity contribution < 1.29 is 19.8 Å². The van der Waals surface area contributed by atoms with Crippen molar-refractivity contribution in [3.63, 3.8) is 0 Å². The van der Waals surface area contributed by atoms with E-state index in [1.54, 1.807) is 11.8 Å². The molecule has 0 heterocycles. The number of carbonyl (C=O) groups is 2. The predicted molar refractivity (Wildman–Crippen MR) is 55.7 cm³/mol. The lowest BCUT2D eigenvalue weighted by Gasteiger charge is -1.99. The summed E-state index contributed by atoms with van der Waals surface area (Å²) >= 11 is 1.61. The minimum Gasteiger partial charge on any atom is -0.481 e. The Morgan fingerprint density at radius 2 is 1.50 bits per heavy atom. The SMILES string of the molecule is O=C(O)CCCCCSCCC(=O)O. The Bertz CT molecular complexity index is 162. The van der Waals surface area contributed by atoms with Crippen LogP contribution in [0.3, 0.4) is 0 Å². The molecule has 0 atom stereocenters. The van der Waals surface area contributed by atoms with E-state index in [4.69, 9.17) is 10.2 Å². The number of thioether (sulfide) groups is 1. The highest BCUT2D eigenvalue weighted by Gasteiger charge is 1.98. The van der Waals surface area contributed by atoms with Gasteiger partial charge in [0.05, 0.1) is 6.42 Å². The second kappa shape index (κ2) is 8.87. The van der Waals surface area contributed by atoms with Crippen molar-refractivity contribution in [2.24, 2.45) is 0 Å². The van der Waals surface area contributed by atoms with E-state index in [-0.39, 0.29) is 12.8 Å². The lowest BCUT2D eigenvalue weighted by atomic mass is 10.2. The van der Waals surface area contributed by atoms with Crippen molar-refractivity contribution in [1.82, 2.24) is 0 Å². The molecule has 0 unspecified atom stereocenters. The molecule has 0 aliphatic carbocycles. The summed E-state index contributed by atoms with van der Waals surface area (Å²) in [4.78, 5) is 20.3. The first kappa shape index (κ1) is 13.3. The summed E-state index contributed by atoms with van der Waals surface area (Å²) in [6, 6.07) is 0. The predicted octanol–water partition coefficient (Wildman–Crippen LogP) is 1.84. The van der Waals surface area contributed by atoms with E-state index in [0.717, 1.165) is 25.0 Å². The van der Waals surface area contributed by atoms with Gasteiger partial charge in [-0.15, -0.1) is 0 Å². The van der Waals surface area contributed by atoms with Gasteiger partial charge in [-0.3, -0.25) is 9.59 Å². The summed E-state index contributed by atoms with van der Waals surface area (Å²) in [7, 11) is 0. The van der Waals surface area contributed by atoms with E-state index in [9.17, 15) is 9.59 Å². The van der Waals surface area contributed by atoms with Crippen LogP contribution < -0.4 is 0 Å². The number of unbranched alkanes of at least 4 members (excludes halogenated alkanes) is 2. The largest absolute Gasteiger partial charge is 0.481 e. The summed E-state index contributed by atoms with van der Waals surface area (Å²) in [5, 5.41) is 16.7. The molecule has 0 aliphatic rings. The Hall–Kier alpha value is -0.710. The average molecular weight is 220 g/mol. The second-order valence-corrected chi connectivity index (χ2v) is 4.19. The molecule has 0 aromatic carbocycles. The van der Waals surface area contributed by atoms with E-state index < -0.39 is 11.9 Å². The van der Waals surface area contributed by atoms with Gasteiger partial charge in [0.1, 0.15) is 0 Å². The van der Waals surface area contributed by atoms with Gasteiger partial charge in [-0.25, -0.2) is 0 Å². The first-order valence-electron chi connectivity index (χ1n) is 4.64. The highest BCUT2D eigenvalue weighted by Crippen LogP contribution is 2.08. The highest BCUT2D eigenvalue weighted by atomic mass is 32.2. The molecule has 0 saturated heterocycles. The fourth-order valence-electron chi connectivity index (χ4n) is 0.919. The number of hydrogen-bond donors (Lipinski definition) is 2. The number of aliphatic carboxylic acids is 2. The zero-order chi connectivity index (χ0) is 10.8. The Morgan fingerprint density at radius 3 is 2.07 bits per heavy atom. The number of carboxylic acid groups (broad SMARTS) is 2. The van der Waals surface area contributed by atoms with Crippen molar-refractivity contribution in [2.45, 2.75) is 32.1 Å². The molecule has 0 saturated carbocycles. The lowest BCUT2D eigenvalue weighted by Crippen LogP contribution is -1.97. The zero-order valence-electron chi connectivity index (χ0n) is 8.07. The maximum absolute atomic E-state index is 10.1. The quantitative estimate of drug-likeness (QED) is 0.580. The Labute approximate surface area is 87.7 Å². The van der Waals surface area contributed by atoms with Gasteiger partial charge in [0.15, 0.2) is 0 Å². The lowest BCUT2D eigenvalue weighted by molar-refractivity contribution is -0.137. The summed E-state index contributed by atoms with van der Waals surface area (Å²) in [6.45, 7) is 0. The molecule has 14 heavy (non-hydrogen) atoms. The van der Waals surface area contributed by atoms with E-state index in [0.29, 0.717) is 5.75 Å². The summed E-state index contributed by atoms with van der Waals surface area (Å²) in [5.41, 5.74) is 0. The maximum Gasteiger partial charge on any atom is 0.304 e. The molecule has 0 aromatic rings. The summed E-state index contributed by atoms with van der Waals surface area (Å²) in [5.74, 6) is 0.0631. The van der Waals surface area contributed by atoms with Gasteiger partial charge in [-0.05, 0) is 18.6 Å². The van der Waals surface area contributed by atoms with Gasteiger partial charge in [0, 0.05) is 12.2 Å². The van der Waals surface area contributed by atoms with Crippen molar-refractivity contribution >= 4 is 23.7 Å². The van der Waals surface area contributed by atoms with Crippen LogP contribution in [0.4, 0.5) is 0 Å². The molecular formula is C9H16O4S. The molecule has 0 aliphatic heterocycles. The molecule has 0 amide bonds. The number of hydrogen-bond acceptors (Lipinski definition) is 3. The normalized spacial score (nSPS) is 10.0. The molecule has 2 N–H and O–H groups in total. The summed E-state index contributed by atoms with van der Waals surface area (Å²) < 4.78 is 0. The smallest absolute Gasteiger partial charge is 0.304 e. The highest BCUT2D eigenvalue weighted by molar-refractivity contribution is 7.99. The Balaban J connectivity index is 2.99. The van der Waals surface area contributed by atoms with Crippen LogP contribution in [0.5, 0.6) is 0 Å². The second-order valence-electron chi connectivity index (χ2n) is 2.96. The van der Waals surface area contributed by atoms with Crippen LogP contribution in [-0.2, 0) is 9.59 Å². The van der Waals surface area contributed by atoms with Gasteiger partial charge in [-0.1, -0.05) is 6.42 Å². The van der Waals surface area contributed by atoms with Crippen molar-refractivity contribution in [2.75, 3.05) is 11.5 Å². The minimum atomic E-state index is -0.761. The van der Waals surface area contributed by atoms with Crippen molar-refractivity contribution in [1.29, 1.82) is 0 Å². The molecule has 82 valence electrons. The molecular weight excluding hydrogens is 204 g/mol. The number of rotatable bonds is 9. The summed E-state index contributed by atoms with van der Waals surface area (Å²) in [6.07, 6.45) is 3.04. The van der Waals surface area contributed by atoms with Crippen LogP contribution in [0.25, 0.3) is 0 Å². The van der Waals surface area contributed by atoms with Crippen molar-refractivity contribution in [3.05, 3.63) is 0 Å². The fourth-order valence-corrected chi connectivity index (χ4v) is 1.85. The molecule has 4 nitrogen and oxygen atoms in total. The molecule has 0 aromatic heterocycles. The van der Waals surface area contributed by atoms with Gasteiger partial charge in [0.2, 0.25) is 0 Å². The zero-order valence-corrected chi connectivity index (χ0v) is 8.89. The Morgan fingerprint density at radius 1 is 0.857 bits per heavy atom. The van der Waals surface area contributed by atoms with Crippen LogP contribution in [-0.4, -0.2) is 33.7 Å². The van der Waals surface area contributed by atoms with E-state index in [1.807, 2.05) is 0 Å². The van der Waals surface area contributed by atoms with E-state index in [1.165, 1.54) is 0 Å². The topological polar surface area (TPSA) is 74.6 Å². The minimum absolute atomic E-state index is 0.208. The van der Waals surface area contributed by atoms with Crippen LogP contribution >= 0.6 is 11.8 Å². The molecule has 5 heteroatoms. The van der Waals surface area contributed by atoms with Gasteiger partial charge in [-0.2, -0.15) is 11.8 Å². The van der Waals surface area contributed by atoms with E-state index in [2.05, 4.69) is 0 Å². The molecule has 0 fully saturated rings. The van der Waals surface area contributed by atoms with Gasteiger partial charge >= 0.3 is 11.9 Å². The Kier molecular flexibility index (Phi) is 8.42. The standard InChI is InChI=1S/C9H16O4S/c10-8(11)4-2-1-3-6-14-7-5-9(12)13/h1-7H2,(H,10,11)(H,12,13). The van der Waals surface area contributed by atoms with E-state index >= 15 is 0 Å². The molecule has 0 spiro atoms. The molecule has 0 bridgehead atoms. The van der Waals surface area contributed by atoms with Crippen LogP contribution in [0.2, 0.25) is 0 Å². The van der Waals surface area contributed by atoms with Crippen LogP contribution in [0, 0.1) is 0 Å². The average Bonchev–Trinajstić information content (AvgIpc) is 2.08. The van der Waals surface area contributed by atoms with Crippen molar-refractivity contribution in [3.8, 4) is 0 Å². The van der Waals surface area contributed by atoms with Crippen LogP contribution in [0.15, 0.2) is 0 Å². The monoisotopic (exact) mass is 220 g/mol. The first-order valence-corrected chi connectivity index (χ1v) is 5.79. The molecule has 0 rings (SSSR count). The van der Waals surface area contributed by atoms with Crippen LogP contribution in [0.1, 0.15) is 32.1 Å². The third-order valence-corrected chi connectivity index (χ3v) is 2.71. The first-order chi connectivity index (χ1) is 6.63. The molecule has 0 radical (unpaired) electrons.